The maximum absolute atomic E-state index is 10.6. The Morgan fingerprint density at radius 1 is 1.82 bits per heavy atom. The summed E-state index contributed by atoms with van der Waals surface area (Å²) in [6.45, 7) is 4.49. The normalized spacial score (nSPS) is 15.1. The molecular formula is C5H9O5P. The molecule has 1 unspecified atom stereocenters. The summed E-state index contributed by atoms with van der Waals surface area (Å²) >= 11 is 0. The van der Waals surface area contributed by atoms with Gasteiger partial charge in [-0.15, -0.1) is 0 Å². The zero-order valence-electron chi connectivity index (χ0n) is 6.02. The van der Waals surface area contributed by atoms with E-state index in [2.05, 4.69) is 16.1 Å². The highest BCUT2D eigenvalue weighted by molar-refractivity contribution is 7.52. The van der Waals surface area contributed by atoms with Crippen LogP contribution in [0.3, 0.4) is 0 Å². The molecule has 0 aliphatic rings. The Bertz CT molecular complexity index is 199. The summed E-state index contributed by atoms with van der Waals surface area (Å²) in [6.07, 6.45) is 0.715. The summed E-state index contributed by atoms with van der Waals surface area (Å²) < 4.78 is 14.5. The molecule has 0 fully saturated rings. The van der Waals surface area contributed by atoms with E-state index in [1.165, 1.54) is 6.92 Å². The van der Waals surface area contributed by atoms with E-state index in [0.29, 0.717) is 0 Å². The third-order valence-electron chi connectivity index (χ3n) is 0.802. The van der Waals surface area contributed by atoms with Gasteiger partial charge in [0.1, 0.15) is 0 Å². The second-order valence-corrected chi connectivity index (χ2v) is 3.69. The zero-order chi connectivity index (χ0) is 8.91. The lowest BCUT2D eigenvalue weighted by Gasteiger charge is -2.05. The van der Waals surface area contributed by atoms with Crippen molar-refractivity contribution >= 4 is 13.6 Å². The summed E-state index contributed by atoms with van der Waals surface area (Å²) in [5.41, 5.74) is 0. The van der Waals surface area contributed by atoms with Crippen LogP contribution in [-0.2, 0) is 18.9 Å². The molecule has 0 aromatic rings. The van der Waals surface area contributed by atoms with Crippen molar-refractivity contribution in [2.45, 2.75) is 6.92 Å². The van der Waals surface area contributed by atoms with Gasteiger partial charge in [0.2, 0.25) is 0 Å². The molecule has 1 atom stereocenters. The number of carbonyl (C=O) groups is 1. The van der Waals surface area contributed by atoms with E-state index in [1.807, 2.05) is 0 Å². The topological polar surface area (TPSA) is 72.8 Å². The first-order valence-corrected chi connectivity index (χ1v) is 4.62. The van der Waals surface area contributed by atoms with E-state index < -0.39 is 13.6 Å². The summed E-state index contributed by atoms with van der Waals surface area (Å²) in [7, 11) is -3.73. The molecule has 0 saturated carbocycles. The van der Waals surface area contributed by atoms with Crippen molar-refractivity contribution < 1.29 is 23.8 Å². The Morgan fingerprint density at radius 3 is 2.73 bits per heavy atom. The van der Waals surface area contributed by atoms with Crippen LogP contribution in [0.15, 0.2) is 12.7 Å². The van der Waals surface area contributed by atoms with Crippen molar-refractivity contribution in [2.24, 2.45) is 0 Å². The summed E-state index contributed by atoms with van der Waals surface area (Å²) in [6, 6.07) is 0. The summed E-state index contributed by atoms with van der Waals surface area (Å²) in [4.78, 5) is 22.8. The van der Waals surface area contributed by atoms with Crippen molar-refractivity contribution in [2.75, 3.05) is 6.16 Å². The van der Waals surface area contributed by atoms with Crippen molar-refractivity contribution in [3.63, 3.8) is 0 Å². The Hall–Kier alpha value is -0.640. The van der Waals surface area contributed by atoms with Gasteiger partial charge >= 0.3 is 13.6 Å². The average Bonchev–Trinajstić information content (AvgIpc) is 2.00. The minimum absolute atomic E-state index is 0.114. The van der Waals surface area contributed by atoms with E-state index in [4.69, 9.17) is 4.89 Å². The Morgan fingerprint density at radius 2 is 2.36 bits per heavy atom. The monoisotopic (exact) mass is 180 g/mol. The largest absolute Gasteiger partial charge is 0.366 e. The van der Waals surface area contributed by atoms with Crippen molar-refractivity contribution in [1.82, 2.24) is 0 Å². The molecule has 0 aliphatic heterocycles. The van der Waals surface area contributed by atoms with Gasteiger partial charge in [-0.2, -0.15) is 0 Å². The second kappa shape index (κ2) is 4.28. The first-order valence-electron chi connectivity index (χ1n) is 2.86. The molecule has 0 spiro atoms. The molecule has 0 bridgehead atoms. The number of hydrogen-bond donors (Lipinski definition) is 1. The molecule has 5 nitrogen and oxygen atoms in total. The van der Waals surface area contributed by atoms with Crippen molar-refractivity contribution in [1.29, 1.82) is 0 Å². The van der Waals surface area contributed by atoms with E-state index >= 15 is 0 Å². The van der Waals surface area contributed by atoms with E-state index in [1.54, 1.807) is 0 Å². The molecule has 0 heterocycles. The quantitative estimate of drug-likeness (QED) is 0.300. The van der Waals surface area contributed by atoms with Crippen molar-refractivity contribution in [3.8, 4) is 0 Å². The molecule has 0 rings (SSSR count). The minimum atomic E-state index is -3.73. The fourth-order valence-corrected chi connectivity index (χ4v) is 0.477. The highest BCUT2D eigenvalue weighted by atomic mass is 31.2. The van der Waals surface area contributed by atoms with Gasteiger partial charge in [0.25, 0.3) is 0 Å². The van der Waals surface area contributed by atoms with Gasteiger partial charge in [-0.25, -0.2) is 4.79 Å². The van der Waals surface area contributed by atoms with Crippen LogP contribution >= 0.6 is 7.60 Å². The van der Waals surface area contributed by atoms with Gasteiger partial charge in [0.15, 0.2) is 0 Å². The number of carbonyl (C=O) groups excluding carboxylic acids is 1. The fraction of sp³-hybridized carbons (Fsp3) is 0.400. The molecule has 0 aliphatic carbocycles. The van der Waals surface area contributed by atoms with Gasteiger partial charge < -0.3 is 4.89 Å². The lowest BCUT2D eigenvalue weighted by atomic mass is 10.7. The van der Waals surface area contributed by atoms with Gasteiger partial charge in [-0.3, -0.25) is 9.45 Å². The number of hydrogen-bond acceptors (Lipinski definition) is 4. The van der Waals surface area contributed by atoms with Gasteiger partial charge in [-0.05, 0) is 0 Å². The van der Waals surface area contributed by atoms with Crippen LogP contribution in [0, 0.1) is 0 Å². The fourth-order valence-electron chi connectivity index (χ4n) is 0.182. The molecule has 0 radical (unpaired) electrons. The van der Waals surface area contributed by atoms with Crippen molar-refractivity contribution in [3.05, 3.63) is 12.7 Å². The van der Waals surface area contributed by atoms with Gasteiger partial charge in [0.05, 0.1) is 6.16 Å². The third-order valence-corrected chi connectivity index (χ3v) is 1.91. The molecule has 1 N–H and O–H groups in total. The third kappa shape index (κ3) is 4.72. The van der Waals surface area contributed by atoms with E-state index in [9.17, 15) is 9.36 Å². The van der Waals surface area contributed by atoms with Crippen LogP contribution < -0.4 is 0 Å². The first-order chi connectivity index (χ1) is 5.02. The van der Waals surface area contributed by atoms with Crippen LogP contribution in [0.1, 0.15) is 6.92 Å². The molecule has 0 aromatic carbocycles. The van der Waals surface area contributed by atoms with E-state index in [-0.39, 0.29) is 6.16 Å². The highest BCUT2D eigenvalue weighted by Gasteiger charge is 2.18. The Balaban J connectivity index is 3.79. The van der Waals surface area contributed by atoms with Gasteiger partial charge in [-0.1, -0.05) is 18.2 Å². The second-order valence-electron chi connectivity index (χ2n) is 1.63. The predicted molar refractivity (Wildman–Crippen MR) is 37.7 cm³/mol. The summed E-state index contributed by atoms with van der Waals surface area (Å²) in [5.74, 6) is -0.896. The average molecular weight is 180 g/mol. The van der Waals surface area contributed by atoms with Crippen LogP contribution in [0.5, 0.6) is 0 Å². The Kier molecular flexibility index (Phi) is 4.03. The molecule has 64 valence electrons. The smallest absolute Gasteiger partial charge is 0.322 e. The maximum Gasteiger partial charge on any atom is 0.366 e. The predicted octanol–water partition coefficient (Wildman–Crippen LogP) is 0.852. The van der Waals surface area contributed by atoms with Crippen LogP contribution in [-0.4, -0.2) is 17.0 Å². The molecule has 6 heteroatoms. The maximum atomic E-state index is 10.6. The number of rotatable bonds is 4. The molecular weight excluding hydrogens is 171 g/mol. The van der Waals surface area contributed by atoms with E-state index in [0.717, 1.165) is 6.08 Å². The Labute approximate surface area is 64.1 Å². The molecule has 11 heavy (non-hydrogen) atoms. The SMILES string of the molecule is C=CC(=O)OOP(=O)(O)CC. The lowest BCUT2D eigenvalue weighted by Crippen LogP contribution is -2.00. The first kappa shape index (κ1) is 10.4. The van der Waals surface area contributed by atoms with Crippen LogP contribution in [0.25, 0.3) is 0 Å². The lowest BCUT2D eigenvalue weighted by molar-refractivity contribution is -0.210. The molecule has 0 aromatic heterocycles. The highest BCUT2D eigenvalue weighted by Crippen LogP contribution is 2.41. The standard InChI is InChI=1S/C5H9O5P/c1-3-5(6)9-10-11(7,8)4-2/h3H,1,4H2,2H3,(H,7,8). The zero-order valence-corrected chi connectivity index (χ0v) is 6.91. The summed E-state index contributed by atoms with van der Waals surface area (Å²) in [5, 5.41) is 0. The van der Waals surface area contributed by atoms with Crippen LogP contribution in [0.2, 0.25) is 0 Å². The van der Waals surface area contributed by atoms with Crippen LogP contribution in [0.4, 0.5) is 0 Å². The minimum Gasteiger partial charge on any atom is -0.322 e. The molecule has 0 saturated heterocycles. The molecule has 0 amide bonds. The van der Waals surface area contributed by atoms with Gasteiger partial charge in [0, 0.05) is 6.08 Å².